The third-order valence-electron chi connectivity index (χ3n) is 3.88. The summed E-state index contributed by atoms with van der Waals surface area (Å²) in [6.07, 6.45) is 11.8. The highest BCUT2D eigenvalue weighted by Crippen LogP contribution is 2.17. The Morgan fingerprint density at radius 3 is 3.04 bits per heavy atom. The van der Waals surface area contributed by atoms with Gasteiger partial charge in [-0.15, -0.1) is 10.2 Å². The van der Waals surface area contributed by atoms with E-state index < -0.39 is 0 Å². The summed E-state index contributed by atoms with van der Waals surface area (Å²) in [5.74, 6) is 1.41. The van der Waals surface area contributed by atoms with Gasteiger partial charge in [-0.25, -0.2) is 9.98 Å². The summed E-state index contributed by atoms with van der Waals surface area (Å²) < 4.78 is 1.75. The van der Waals surface area contributed by atoms with Crippen molar-refractivity contribution < 1.29 is 0 Å². The minimum Gasteiger partial charge on any atom is -0.390 e. The van der Waals surface area contributed by atoms with Crippen LogP contribution in [0.4, 0.5) is 0 Å². The van der Waals surface area contributed by atoms with Gasteiger partial charge in [-0.1, -0.05) is 12.2 Å². The summed E-state index contributed by atoms with van der Waals surface area (Å²) in [6.45, 7) is 0. The van der Waals surface area contributed by atoms with Gasteiger partial charge in [-0.05, 0) is 29.8 Å². The van der Waals surface area contributed by atoms with Crippen LogP contribution in [0.1, 0.15) is 12.2 Å². The first-order valence-electron chi connectivity index (χ1n) is 8.12. The molecule has 0 fully saturated rings. The number of hydrogen-bond donors (Lipinski definition) is 1. The zero-order valence-electron chi connectivity index (χ0n) is 13.9. The van der Waals surface area contributed by atoms with Crippen LogP contribution in [0.3, 0.4) is 0 Å². The van der Waals surface area contributed by atoms with E-state index in [-0.39, 0.29) is 0 Å². The molecule has 4 heterocycles. The van der Waals surface area contributed by atoms with E-state index in [1.165, 1.54) is 6.34 Å². The van der Waals surface area contributed by atoms with Gasteiger partial charge in [-0.2, -0.15) is 9.61 Å². The Hall–Kier alpha value is -3.68. The summed E-state index contributed by atoms with van der Waals surface area (Å²) in [7, 11) is 0. The Kier molecular flexibility index (Phi) is 4.29. The Labute approximate surface area is 149 Å². The highest BCUT2D eigenvalue weighted by atomic mass is 15.4. The molecule has 0 amide bonds. The van der Waals surface area contributed by atoms with Crippen molar-refractivity contribution in [3.05, 3.63) is 66.4 Å². The van der Waals surface area contributed by atoms with Gasteiger partial charge in [0.1, 0.15) is 5.84 Å². The van der Waals surface area contributed by atoms with Crippen molar-refractivity contribution >= 4 is 17.8 Å². The molecular weight excluding hydrogens is 328 g/mol. The SMILES string of the molecule is NC=NC1=NC=C(Cc2nnc3ccc(-c4cccnc4)nn23)C=CC1. The molecule has 8 heteroatoms. The second-order valence-electron chi connectivity index (χ2n) is 5.66. The lowest BCUT2D eigenvalue weighted by molar-refractivity contribution is 0.840. The molecule has 8 nitrogen and oxygen atoms in total. The predicted octanol–water partition coefficient (Wildman–Crippen LogP) is 1.96. The molecule has 0 saturated carbocycles. The molecule has 1 aliphatic heterocycles. The van der Waals surface area contributed by atoms with Gasteiger partial charge in [0.05, 0.1) is 12.0 Å². The van der Waals surface area contributed by atoms with Crippen LogP contribution in [0.5, 0.6) is 0 Å². The maximum atomic E-state index is 5.33. The van der Waals surface area contributed by atoms with Gasteiger partial charge in [0.2, 0.25) is 0 Å². The summed E-state index contributed by atoms with van der Waals surface area (Å²) in [5.41, 5.74) is 8.78. The molecule has 0 bridgehead atoms. The molecule has 0 radical (unpaired) electrons. The lowest BCUT2D eigenvalue weighted by atomic mass is 10.2. The van der Waals surface area contributed by atoms with Crippen LogP contribution in [0, 0.1) is 0 Å². The fraction of sp³-hybridized carbons (Fsp3) is 0.111. The zero-order valence-corrected chi connectivity index (χ0v) is 13.9. The molecule has 4 rings (SSSR count). The molecule has 0 aromatic carbocycles. The van der Waals surface area contributed by atoms with Crippen molar-refractivity contribution in [1.29, 1.82) is 0 Å². The second kappa shape index (κ2) is 7.06. The van der Waals surface area contributed by atoms with Crippen molar-refractivity contribution in [2.24, 2.45) is 15.7 Å². The molecule has 0 spiro atoms. The molecule has 0 atom stereocenters. The van der Waals surface area contributed by atoms with Gasteiger partial charge in [-0.3, -0.25) is 4.98 Å². The van der Waals surface area contributed by atoms with E-state index in [2.05, 4.69) is 30.3 Å². The summed E-state index contributed by atoms with van der Waals surface area (Å²) >= 11 is 0. The Morgan fingerprint density at radius 2 is 2.19 bits per heavy atom. The van der Waals surface area contributed by atoms with E-state index in [9.17, 15) is 0 Å². The molecule has 128 valence electrons. The topological polar surface area (TPSA) is 107 Å². The fourth-order valence-corrected chi connectivity index (χ4v) is 2.64. The van der Waals surface area contributed by atoms with Crippen LogP contribution in [0.25, 0.3) is 16.9 Å². The van der Waals surface area contributed by atoms with Crippen LogP contribution in [0.15, 0.2) is 70.6 Å². The normalized spacial score (nSPS) is 14.5. The van der Waals surface area contributed by atoms with E-state index in [1.54, 1.807) is 23.1 Å². The standard InChI is InChI=1S/C18H16N8/c19-12-22-16-5-1-3-13(10-21-16)9-18-24-23-17-7-6-15(25-26(17)18)14-4-2-8-20-11-14/h1-4,6-8,10-12H,5,9H2,(H2,19,21,22). The predicted molar refractivity (Wildman–Crippen MR) is 99.7 cm³/mol. The number of nitrogens with two attached hydrogens (primary N) is 1. The molecule has 2 N–H and O–H groups in total. The number of aliphatic imine (C=N–C) groups is 2. The Bertz CT molecular complexity index is 1040. The van der Waals surface area contributed by atoms with Gasteiger partial charge in [0.25, 0.3) is 0 Å². The largest absolute Gasteiger partial charge is 0.390 e. The number of fused-ring (bicyclic) bond motifs is 1. The quantitative estimate of drug-likeness (QED) is 0.577. The van der Waals surface area contributed by atoms with Crippen molar-refractivity contribution in [2.45, 2.75) is 12.8 Å². The highest BCUT2D eigenvalue weighted by Gasteiger charge is 2.11. The molecule has 26 heavy (non-hydrogen) atoms. The minimum absolute atomic E-state index is 0.560. The number of pyridine rings is 1. The first-order valence-corrected chi connectivity index (χ1v) is 8.12. The summed E-state index contributed by atoms with van der Waals surface area (Å²) in [4.78, 5) is 12.5. The minimum atomic E-state index is 0.560. The lowest BCUT2D eigenvalue weighted by Crippen LogP contribution is -2.01. The maximum absolute atomic E-state index is 5.33. The first kappa shape index (κ1) is 15.8. The summed E-state index contributed by atoms with van der Waals surface area (Å²) in [5, 5.41) is 13.1. The molecule has 1 aliphatic rings. The van der Waals surface area contributed by atoms with Crippen LogP contribution in [-0.4, -0.2) is 37.0 Å². The Balaban J connectivity index is 1.67. The molecular formula is C18H16N8. The van der Waals surface area contributed by atoms with Crippen LogP contribution in [0.2, 0.25) is 0 Å². The van der Waals surface area contributed by atoms with E-state index in [1.807, 2.05) is 36.4 Å². The van der Waals surface area contributed by atoms with E-state index in [0.29, 0.717) is 24.3 Å². The van der Waals surface area contributed by atoms with E-state index in [4.69, 9.17) is 5.73 Å². The third-order valence-corrected chi connectivity index (χ3v) is 3.88. The molecule has 3 aromatic heterocycles. The van der Waals surface area contributed by atoms with E-state index in [0.717, 1.165) is 22.7 Å². The number of aromatic nitrogens is 5. The maximum Gasteiger partial charge on any atom is 0.177 e. The number of amidine groups is 1. The third kappa shape index (κ3) is 3.25. The van der Waals surface area contributed by atoms with Crippen LogP contribution >= 0.6 is 0 Å². The van der Waals surface area contributed by atoms with Crippen molar-refractivity contribution in [2.75, 3.05) is 0 Å². The zero-order chi connectivity index (χ0) is 17.8. The Morgan fingerprint density at radius 1 is 1.23 bits per heavy atom. The van der Waals surface area contributed by atoms with E-state index >= 15 is 0 Å². The lowest BCUT2D eigenvalue weighted by Gasteiger charge is -2.03. The van der Waals surface area contributed by atoms with Gasteiger partial charge in [0.15, 0.2) is 11.5 Å². The van der Waals surface area contributed by atoms with Crippen LogP contribution < -0.4 is 5.73 Å². The smallest absolute Gasteiger partial charge is 0.177 e. The first-order chi connectivity index (χ1) is 12.8. The second-order valence-corrected chi connectivity index (χ2v) is 5.66. The molecule has 0 unspecified atom stereocenters. The fourth-order valence-electron chi connectivity index (χ4n) is 2.64. The summed E-state index contributed by atoms with van der Waals surface area (Å²) in [6, 6.07) is 7.66. The van der Waals surface area contributed by atoms with Gasteiger partial charge < -0.3 is 5.73 Å². The van der Waals surface area contributed by atoms with Crippen molar-refractivity contribution in [3.63, 3.8) is 0 Å². The number of nitrogens with zero attached hydrogens (tertiary/aromatic N) is 7. The highest BCUT2D eigenvalue weighted by molar-refractivity contribution is 5.90. The van der Waals surface area contributed by atoms with Crippen LogP contribution in [-0.2, 0) is 6.42 Å². The average Bonchev–Trinajstić information content (AvgIpc) is 2.94. The molecule has 0 saturated heterocycles. The number of rotatable bonds is 3. The van der Waals surface area contributed by atoms with Gasteiger partial charge >= 0.3 is 0 Å². The van der Waals surface area contributed by atoms with Gasteiger partial charge in [0, 0.05) is 37.0 Å². The number of allylic oxidation sites excluding steroid dienone is 2. The average molecular weight is 344 g/mol. The van der Waals surface area contributed by atoms with Crippen molar-refractivity contribution in [3.8, 4) is 11.3 Å². The monoisotopic (exact) mass is 344 g/mol. The number of hydrogen-bond acceptors (Lipinski definition) is 6. The van der Waals surface area contributed by atoms with Crippen molar-refractivity contribution in [1.82, 2.24) is 24.8 Å². The molecule has 0 aliphatic carbocycles. The molecule has 3 aromatic rings.